The molecule has 2 aliphatic rings. The molecule has 2 aliphatic heterocycles. The number of piperidine rings is 1. The van der Waals surface area contributed by atoms with Crippen molar-refractivity contribution >= 4 is 0 Å². The molecule has 0 unspecified atom stereocenters. The maximum atomic E-state index is 8.58. The summed E-state index contributed by atoms with van der Waals surface area (Å²) >= 11 is 0. The number of nitrogens with zero attached hydrogens (tertiary/aromatic N) is 1. The van der Waals surface area contributed by atoms with Crippen LogP contribution in [0, 0.1) is 0 Å². The molecule has 22 heavy (non-hydrogen) atoms. The van der Waals surface area contributed by atoms with Crippen LogP contribution in [0.1, 0.15) is 33.1 Å². The molecule has 3 rings (SSSR count). The van der Waals surface area contributed by atoms with Gasteiger partial charge in [-0.2, -0.15) is 0 Å². The van der Waals surface area contributed by atoms with E-state index in [0.717, 1.165) is 19.6 Å². The zero-order valence-electron chi connectivity index (χ0n) is 14.2. The summed E-state index contributed by atoms with van der Waals surface area (Å²) in [5, 5.41) is 19.9. The fraction of sp³-hybridized carbons (Fsp3) is 0.667. The standard InChI is InChI=1S/C7H15NO.C6H6.C3H7NO.C2H6/c9-7-6-8-4-2-1-3-5-8;1-2-4-6-5-3-1;5-3-1-4-2-3;1-2/h9H,1-7H2;1-6H;3-5H,1-2H2;1-2H3. The van der Waals surface area contributed by atoms with Crippen LogP contribution in [0.4, 0.5) is 0 Å². The van der Waals surface area contributed by atoms with Gasteiger partial charge in [0.15, 0.2) is 0 Å². The Balaban J connectivity index is 0.000000296. The molecule has 128 valence electrons. The molecular weight excluding hydrogens is 276 g/mol. The number of aliphatic hydroxyl groups is 2. The Bertz CT molecular complexity index is 270. The first kappa shape index (κ1) is 21.1. The lowest BCUT2D eigenvalue weighted by molar-refractivity contribution is 0.117. The minimum Gasteiger partial charge on any atom is -0.395 e. The Morgan fingerprint density at radius 3 is 1.59 bits per heavy atom. The first-order chi connectivity index (χ1) is 10.8. The predicted octanol–water partition coefficient (Wildman–Crippen LogP) is 2.13. The van der Waals surface area contributed by atoms with Gasteiger partial charge in [-0.25, -0.2) is 0 Å². The second-order valence-electron chi connectivity index (χ2n) is 5.09. The molecule has 0 spiro atoms. The summed E-state index contributed by atoms with van der Waals surface area (Å²) in [5.74, 6) is 0. The number of nitrogens with one attached hydrogen (secondary N) is 1. The van der Waals surface area contributed by atoms with Gasteiger partial charge in [0.2, 0.25) is 0 Å². The zero-order chi connectivity index (χ0) is 16.5. The molecule has 4 nitrogen and oxygen atoms in total. The average Bonchev–Trinajstić information content (AvgIpc) is 2.59. The molecule has 0 aromatic heterocycles. The van der Waals surface area contributed by atoms with Crippen LogP contribution in [0.25, 0.3) is 0 Å². The third-order valence-corrected chi connectivity index (χ3v) is 3.29. The van der Waals surface area contributed by atoms with E-state index in [1.165, 1.54) is 32.4 Å². The van der Waals surface area contributed by atoms with E-state index in [1.54, 1.807) is 0 Å². The molecule has 3 N–H and O–H groups in total. The lowest BCUT2D eigenvalue weighted by Crippen LogP contribution is -2.46. The monoisotopic (exact) mass is 310 g/mol. The topological polar surface area (TPSA) is 55.7 Å². The van der Waals surface area contributed by atoms with Gasteiger partial charge in [0.05, 0.1) is 12.7 Å². The third kappa shape index (κ3) is 12.8. The molecule has 0 atom stereocenters. The number of benzene rings is 1. The lowest BCUT2D eigenvalue weighted by atomic mass is 10.1. The van der Waals surface area contributed by atoms with E-state index in [1.807, 2.05) is 50.2 Å². The van der Waals surface area contributed by atoms with E-state index in [9.17, 15) is 0 Å². The fourth-order valence-electron chi connectivity index (χ4n) is 1.98. The molecule has 0 bridgehead atoms. The van der Waals surface area contributed by atoms with E-state index >= 15 is 0 Å². The van der Waals surface area contributed by atoms with Crippen LogP contribution in [-0.4, -0.2) is 60.5 Å². The number of aliphatic hydroxyl groups excluding tert-OH is 2. The first-order valence-corrected chi connectivity index (χ1v) is 8.55. The van der Waals surface area contributed by atoms with Gasteiger partial charge < -0.3 is 20.4 Å². The van der Waals surface area contributed by atoms with Crippen LogP contribution >= 0.6 is 0 Å². The van der Waals surface area contributed by atoms with E-state index in [0.29, 0.717) is 6.61 Å². The molecule has 0 aliphatic carbocycles. The number of rotatable bonds is 2. The molecule has 4 heteroatoms. The van der Waals surface area contributed by atoms with Gasteiger partial charge in [0.1, 0.15) is 0 Å². The second kappa shape index (κ2) is 16.4. The van der Waals surface area contributed by atoms with Crippen molar-refractivity contribution in [1.82, 2.24) is 10.2 Å². The molecule has 0 radical (unpaired) electrons. The Morgan fingerprint density at radius 1 is 0.909 bits per heavy atom. The maximum absolute atomic E-state index is 8.58. The van der Waals surface area contributed by atoms with Gasteiger partial charge >= 0.3 is 0 Å². The van der Waals surface area contributed by atoms with Crippen LogP contribution in [-0.2, 0) is 0 Å². The van der Waals surface area contributed by atoms with Crippen LogP contribution < -0.4 is 5.32 Å². The van der Waals surface area contributed by atoms with Crippen LogP contribution in [0.3, 0.4) is 0 Å². The van der Waals surface area contributed by atoms with Crippen LogP contribution in [0.5, 0.6) is 0 Å². The van der Waals surface area contributed by atoms with Crippen molar-refractivity contribution in [2.45, 2.75) is 39.2 Å². The van der Waals surface area contributed by atoms with Gasteiger partial charge in [-0.05, 0) is 25.9 Å². The maximum Gasteiger partial charge on any atom is 0.0788 e. The summed E-state index contributed by atoms with van der Waals surface area (Å²) in [7, 11) is 0. The molecular formula is C18H34N2O2. The van der Waals surface area contributed by atoms with Gasteiger partial charge in [0, 0.05) is 19.6 Å². The minimum atomic E-state index is -0.0463. The quantitative estimate of drug-likeness (QED) is 0.783. The third-order valence-electron chi connectivity index (χ3n) is 3.29. The second-order valence-corrected chi connectivity index (χ2v) is 5.09. The summed E-state index contributed by atoms with van der Waals surface area (Å²) < 4.78 is 0. The van der Waals surface area contributed by atoms with Crippen molar-refractivity contribution in [2.24, 2.45) is 0 Å². The molecule has 1 aromatic carbocycles. The predicted molar refractivity (Wildman–Crippen MR) is 94.0 cm³/mol. The van der Waals surface area contributed by atoms with Crippen molar-refractivity contribution < 1.29 is 10.2 Å². The summed E-state index contributed by atoms with van der Waals surface area (Å²) in [6, 6.07) is 12.0. The number of likely N-dealkylation sites (tertiary alicyclic amines) is 1. The Hall–Kier alpha value is -0.940. The Morgan fingerprint density at radius 2 is 1.32 bits per heavy atom. The normalized spacial score (nSPS) is 17.5. The highest BCUT2D eigenvalue weighted by molar-refractivity contribution is 4.99. The first-order valence-electron chi connectivity index (χ1n) is 8.55. The summed E-state index contributed by atoms with van der Waals surface area (Å²) in [4.78, 5) is 2.32. The zero-order valence-corrected chi connectivity index (χ0v) is 14.2. The van der Waals surface area contributed by atoms with Crippen molar-refractivity contribution in [2.75, 3.05) is 39.3 Å². The minimum absolute atomic E-state index is 0.0463. The smallest absolute Gasteiger partial charge is 0.0788 e. The highest BCUT2D eigenvalue weighted by atomic mass is 16.3. The van der Waals surface area contributed by atoms with E-state index in [-0.39, 0.29) is 6.10 Å². The van der Waals surface area contributed by atoms with Gasteiger partial charge in [-0.1, -0.05) is 56.7 Å². The van der Waals surface area contributed by atoms with E-state index in [2.05, 4.69) is 10.2 Å². The van der Waals surface area contributed by atoms with Crippen LogP contribution in [0.15, 0.2) is 36.4 Å². The Labute approximate surface area is 136 Å². The molecule has 0 amide bonds. The summed E-state index contributed by atoms with van der Waals surface area (Å²) in [6.07, 6.45) is 3.97. The Kier molecular flexibility index (Phi) is 15.7. The number of hydrogen-bond acceptors (Lipinski definition) is 4. The van der Waals surface area contributed by atoms with Crippen molar-refractivity contribution in [3.05, 3.63) is 36.4 Å². The van der Waals surface area contributed by atoms with Crippen molar-refractivity contribution in [1.29, 1.82) is 0 Å². The molecule has 0 saturated carbocycles. The molecule has 2 saturated heterocycles. The molecule has 2 heterocycles. The SMILES string of the molecule is CC.OC1CNC1.OCCN1CCCCC1.c1ccccc1. The molecule has 1 aromatic rings. The van der Waals surface area contributed by atoms with Gasteiger partial charge in [0.25, 0.3) is 0 Å². The summed E-state index contributed by atoms with van der Waals surface area (Å²) in [5.41, 5.74) is 0. The number of β-amino-alcohol motifs (C(OH)–C–C–N with tert-alkyl or cyclic N) is 2. The van der Waals surface area contributed by atoms with Crippen molar-refractivity contribution in [3.8, 4) is 0 Å². The largest absolute Gasteiger partial charge is 0.395 e. The summed E-state index contributed by atoms with van der Waals surface area (Å²) in [6.45, 7) is 9.17. The highest BCUT2D eigenvalue weighted by Gasteiger charge is 2.10. The fourth-order valence-corrected chi connectivity index (χ4v) is 1.98. The average molecular weight is 310 g/mol. The number of hydrogen-bond donors (Lipinski definition) is 3. The molecule has 2 fully saturated rings. The van der Waals surface area contributed by atoms with Gasteiger partial charge in [-0.15, -0.1) is 0 Å². The van der Waals surface area contributed by atoms with Crippen LogP contribution in [0.2, 0.25) is 0 Å². The van der Waals surface area contributed by atoms with E-state index < -0.39 is 0 Å². The lowest BCUT2D eigenvalue weighted by Gasteiger charge is -2.25. The van der Waals surface area contributed by atoms with Gasteiger partial charge in [-0.3, -0.25) is 0 Å². The van der Waals surface area contributed by atoms with Crippen molar-refractivity contribution in [3.63, 3.8) is 0 Å². The van der Waals surface area contributed by atoms with E-state index in [4.69, 9.17) is 10.2 Å². The highest BCUT2D eigenvalue weighted by Crippen LogP contribution is 2.06.